The Labute approximate surface area is 432 Å². The van der Waals surface area contributed by atoms with Crippen LogP contribution in [0.2, 0.25) is 0 Å². The molecule has 0 radical (unpaired) electrons. The molecule has 0 heterocycles. The van der Waals surface area contributed by atoms with Crippen LogP contribution in [-0.4, -0.2) is 46.1 Å². The van der Waals surface area contributed by atoms with Crippen LogP contribution in [0.5, 0.6) is 0 Å². The second-order valence-corrected chi connectivity index (χ2v) is 21.6. The largest absolute Gasteiger partial charge is 0.394 e. The Morgan fingerprint density at radius 2 is 0.594 bits per heavy atom. The highest BCUT2D eigenvalue weighted by atomic mass is 16.3. The molecule has 5 nitrogen and oxygen atoms in total. The molecule has 0 saturated heterocycles. The van der Waals surface area contributed by atoms with Crippen LogP contribution in [0, 0.1) is 0 Å². The lowest BCUT2D eigenvalue weighted by molar-refractivity contribution is -0.131. The molecule has 0 spiro atoms. The lowest BCUT2D eigenvalue weighted by atomic mass is 10.0. The summed E-state index contributed by atoms with van der Waals surface area (Å²) in [4.78, 5) is 12.6. The number of carbonyl (C=O) groups is 1. The van der Waals surface area contributed by atoms with Gasteiger partial charge in [0, 0.05) is 0 Å². The standard InChI is InChI=1S/C64H123NO4/c1-3-5-7-9-11-13-15-17-19-21-23-24-25-26-27-28-29-30-31-32-33-34-35-36-37-38-39-41-43-45-47-49-51-53-55-57-59-63(68)64(69)65-61(60-66)62(67)58-56-54-52-50-48-46-44-42-40-22-20-18-16-14-12-10-8-6-4-2/h40,42,48,50,56,58,61-63,66-68H,3-39,41,43-47,49,51-55,57,59-60H2,1-2H3,(H,65,69)/b42-40+,50-48+,58-56+. The first-order chi connectivity index (χ1) is 34.1. The SMILES string of the molecule is CCCCCCCCCCC/C=C/CC/C=C/CC/C=C/C(O)C(CO)NC(=O)C(O)CCCCCCCCCCCCCCCCCCCCCCCCCCCCCCCCCCCCCC. The molecule has 0 aromatic carbocycles. The number of aliphatic hydroxyl groups excluding tert-OH is 3. The fraction of sp³-hybridized carbons (Fsp3) is 0.891. The van der Waals surface area contributed by atoms with E-state index in [2.05, 4.69) is 43.5 Å². The number of unbranched alkanes of at least 4 members (excludes halogenated alkanes) is 46. The summed E-state index contributed by atoms with van der Waals surface area (Å²) < 4.78 is 0. The zero-order valence-corrected chi connectivity index (χ0v) is 46.7. The maximum absolute atomic E-state index is 12.6. The molecule has 3 atom stereocenters. The van der Waals surface area contributed by atoms with E-state index in [9.17, 15) is 20.1 Å². The fourth-order valence-electron chi connectivity index (χ4n) is 9.87. The molecule has 0 bridgehead atoms. The Bertz CT molecular complexity index is 1070. The minimum Gasteiger partial charge on any atom is -0.394 e. The highest BCUT2D eigenvalue weighted by Crippen LogP contribution is 2.18. The van der Waals surface area contributed by atoms with Crippen molar-refractivity contribution in [1.82, 2.24) is 5.32 Å². The Morgan fingerprint density at radius 1 is 0.348 bits per heavy atom. The fourth-order valence-corrected chi connectivity index (χ4v) is 9.87. The summed E-state index contributed by atoms with van der Waals surface area (Å²) in [5.74, 6) is -0.511. The number of rotatable bonds is 58. The van der Waals surface area contributed by atoms with E-state index < -0.39 is 24.2 Å². The van der Waals surface area contributed by atoms with Crippen molar-refractivity contribution < 1.29 is 20.1 Å². The van der Waals surface area contributed by atoms with Crippen molar-refractivity contribution in [3.8, 4) is 0 Å². The predicted octanol–water partition coefficient (Wildman–Crippen LogP) is 19.8. The summed E-state index contributed by atoms with van der Waals surface area (Å²) >= 11 is 0. The molecule has 5 heteroatoms. The molecule has 3 unspecified atom stereocenters. The number of nitrogens with one attached hydrogen (secondary N) is 1. The molecule has 0 fully saturated rings. The smallest absolute Gasteiger partial charge is 0.249 e. The van der Waals surface area contributed by atoms with Gasteiger partial charge < -0.3 is 20.6 Å². The Morgan fingerprint density at radius 3 is 0.884 bits per heavy atom. The zero-order valence-electron chi connectivity index (χ0n) is 46.7. The maximum Gasteiger partial charge on any atom is 0.249 e. The van der Waals surface area contributed by atoms with E-state index >= 15 is 0 Å². The van der Waals surface area contributed by atoms with Gasteiger partial charge >= 0.3 is 0 Å². The first-order valence-electron chi connectivity index (χ1n) is 31.3. The van der Waals surface area contributed by atoms with Gasteiger partial charge in [0.25, 0.3) is 0 Å². The monoisotopic (exact) mass is 970 g/mol. The highest BCUT2D eigenvalue weighted by molar-refractivity contribution is 5.80. The van der Waals surface area contributed by atoms with Crippen LogP contribution in [0.25, 0.3) is 0 Å². The molecular formula is C64H123NO4. The summed E-state index contributed by atoms with van der Waals surface area (Å²) in [6.07, 6.45) is 78.4. The maximum atomic E-state index is 12.6. The van der Waals surface area contributed by atoms with Gasteiger partial charge in [-0.05, 0) is 44.9 Å². The average Bonchev–Trinajstić information content (AvgIpc) is 3.35. The molecular weight excluding hydrogens is 847 g/mol. The van der Waals surface area contributed by atoms with Crippen LogP contribution >= 0.6 is 0 Å². The van der Waals surface area contributed by atoms with Crippen molar-refractivity contribution in [3.05, 3.63) is 36.5 Å². The Hall–Kier alpha value is -1.43. The first kappa shape index (κ1) is 67.6. The molecule has 0 saturated carbocycles. The summed E-state index contributed by atoms with van der Waals surface area (Å²) in [5.41, 5.74) is 0. The number of hydrogen-bond donors (Lipinski definition) is 4. The minimum absolute atomic E-state index is 0.379. The van der Waals surface area contributed by atoms with Crippen LogP contribution in [-0.2, 0) is 4.79 Å². The third-order valence-electron chi connectivity index (χ3n) is 14.7. The second kappa shape index (κ2) is 59.1. The van der Waals surface area contributed by atoms with Gasteiger partial charge in [-0.15, -0.1) is 0 Å². The van der Waals surface area contributed by atoms with E-state index in [1.807, 2.05) is 6.08 Å². The summed E-state index contributed by atoms with van der Waals surface area (Å²) in [6.45, 7) is 4.20. The normalized spacial score (nSPS) is 13.4. The van der Waals surface area contributed by atoms with Crippen LogP contribution in [0.3, 0.4) is 0 Å². The second-order valence-electron chi connectivity index (χ2n) is 21.6. The van der Waals surface area contributed by atoms with Gasteiger partial charge in [-0.2, -0.15) is 0 Å². The topological polar surface area (TPSA) is 89.8 Å². The molecule has 408 valence electrons. The van der Waals surface area contributed by atoms with E-state index in [0.717, 1.165) is 44.9 Å². The van der Waals surface area contributed by atoms with Crippen LogP contribution in [0.15, 0.2) is 36.5 Å². The van der Waals surface area contributed by atoms with Crippen molar-refractivity contribution in [2.45, 2.75) is 360 Å². The van der Waals surface area contributed by atoms with Crippen molar-refractivity contribution >= 4 is 5.91 Å². The predicted molar refractivity (Wildman–Crippen MR) is 305 cm³/mol. The van der Waals surface area contributed by atoms with Gasteiger partial charge in [-0.25, -0.2) is 0 Å². The molecule has 0 aliphatic rings. The van der Waals surface area contributed by atoms with E-state index in [-0.39, 0.29) is 6.61 Å². The highest BCUT2D eigenvalue weighted by Gasteiger charge is 2.22. The Kier molecular flexibility index (Phi) is 57.9. The van der Waals surface area contributed by atoms with E-state index in [4.69, 9.17) is 0 Å². The van der Waals surface area contributed by atoms with E-state index in [1.165, 1.54) is 276 Å². The summed E-state index contributed by atoms with van der Waals surface area (Å²) in [5, 5.41) is 33.4. The van der Waals surface area contributed by atoms with Gasteiger partial charge in [0.15, 0.2) is 0 Å². The van der Waals surface area contributed by atoms with Gasteiger partial charge in [-0.1, -0.05) is 333 Å². The molecule has 0 aromatic heterocycles. The zero-order chi connectivity index (χ0) is 50.0. The number of carbonyl (C=O) groups excluding carboxylic acids is 1. The van der Waals surface area contributed by atoms with Crippen molar-refractivity contribution in [3.63, 3.8) is 0 Å². The number of amides is 1. The number of aliphatic hydroxyl groups is 3. The van der Waals surface area contributed by atoms with Crippen molar-refractivity contribution in [1.29, 1.82) is 0 Å². The number of hydrogen-bond acceptors (Lipinski definition) is 4. The number of allylic oxidation sites excluding steroid dienone is 5. The van der Waals surface area contributed by atoms with Gasteiger partial charge in [0.1, 0.15) is 6.10 Å². The van der Waals surface area contributed by atoms with Crippen molar-refractivity contribution in [2.24, 2.45) is 0 Å². The average molecular weight is 971 g/mol. The van der Waals surface area contributed by atoms with Gasteiger partial charge in [-0.3, -0.25) is 4.79 Å². The van der Waals surface area contributed by atoms with E-state index in [0.29, 0.717) is 6.42 Å². The van der Waals surface area contributed by atoms with E-state index in [1.54, 1.807) is 6.08 Å². The Balaban J connectivity index is 3.50. The summed E-state index contributed by atoms with van der Waals surface area (Å²) in [6, 6.07) is -0.820. The van der Waals surface area contributed by atoms with Crippen molar-refractivity contribution in [2.75, 3.05) is 6.61 Å². The third kappa shape index (κ3) is 54.2. The van der Waals surface area contributed by atoms with Crippen LogP contribution < -0.4 is 5.32 Å². The minimum atomic E-state index is -1.11. The molecule has 1 amide bonds. The lowest BCUT2D eigenvalue weighted by Crippen LogP contribution is -2.48. The molecule has 0 aromatic rings. The quantitative estimate of drug-likeness (QED) is 0.0361. The third-order valence-corrected chi connectivity index (χ3v) is 14.7. The lowest BCUT2D eigenvalue weighted by Gasteiger charge is -2.21. The van der Waals surface area contributed by atoms with Gasteiger partial charge in [0.05, 0.1) is 18.8 Å². The first-order valence-corrected chi connectivity index (χ1v) is 31.3. The molecule has 0 aliphatic heterocycles. The van der Waals surface area contributed by atoms with Gasteiger partial charge in [0.2, 0.25) is 5.91 Å². The molecule has 69 heavy (non-hydrogen) atoms. The molecule has 4 N–H and O–H groups in total. The van der Waals surface area contributed by atoms with Crippen LogP contribution in [0.4, 0.5) is 0 Å². The molecule has 0 rings (SSSR count). The van der Waals surface area contributed by atoms with Crippen LogP contribution in [0.1, 0.15) is 341 Å². The summed E-state index contributed by atoms with van der Waals surface area (Å²) in [7, 11) is 0. The molecule has 0 aliphatic carbocycles.